The minimum atomic E-state index is -0.488. The van der Waals surface area contributed by atoms with E-state index in [1.165, 1.54) is 0 Å². The van der Waals surface area contributed by atoms with Crippen LogP contribution in [0.4, 0.5) is 0 Å². The topological polar surface area (TPSA) is 57.3 Å². The van der Waals surface area contributed by atoms with Crippen molar-refractivity contribution in [2.75, 3.05) is 0 Å². The summed E-state index contributed by atoms with van der Waals surface area (Å²) in [7, 11) is 0. The van der Waals surface area contributed by atoms with Crippen LogP contribution in [0.25, 0.3) is 5.69 Å². The van der Waals surface area contributed by atoms with E-state index in [0.717, 1.165) is 22.6 Å². The van der Waals surface area contributed by atoms with E-state index in [2.05, 4.69) is 21.0 Å². The van der Waals surface area contributed by atoms with Crippen LogP contribution in [0, 0.1) is 13.8 Å². The van der Waals surface area contributed by atoms with E-state index in [-0.39, 0.29) is 12.4 Å². The molecule has 0 atom stereocenters. The lowest BCUT2D eigenvalue weighted by atomic mass is 10.2. The van der Waals surface area contributed by atoms with Crippen molar-refractivity contribution in [1.82, 2.24) is 9.78 Å². The number of rotatable bonds is 4. The van der Waals surface area contributed by atoms with Crippen LogP contribution in [0.1, 0.15) is 27.5 Å². The summed E-state index contributed by atoms with van der Waals surface area (Å²) in [5.41, 5.74) is 3.92. The summed E-state index contributed by atoms with van der Waals surface area (Å²) in [6.45, 7) is 4.16. The van der Waals surface area contributed by atoms with Gasteiger partial charge >= 0.3 is 5.97 Å². The lowest BCUT2D eigenvalue weighted by Gasteiger charge is -2.07. The highest BCUT2D eigenvalue weighted by atomic mass is 79.9. The van der Waals surface area contributed by atoms with Crippen molar-refractivity contribution in [3.63, 3.8) is 0 Å². The highest BCUT2D eigenvalue weighted by Crippen LogP contribution is 2.16. The molecule has 0 spiro atoms. The highest BCUT2D eigenvalue weighted by Gasteiger charge is 2.12. The summed E-state index contributed by atoms with van der Waals surface area (Å²) in [5.74, 6) is -0.311. The summed E-state index contributed by atoms with van der Waals surface area (Å²) in [6.07, 6.45) is 0. The van der Waals surface area contributed by atoms with E-state index in [1.54, 1.807) is 12.1 Å². The molecule has 2 aromatic heterocycles. The van der Waals surface area contributed by atoms with E-state index in [0.29, 0.717) is 4.67 Å². The summed E-state index contributed by atoms with van der Waals surface area (Å²) in [5, 5.41) is 4.44. The van der Waals surface area contributed by atoms with Gasteiger partial charge in [-0.25, -0.2) is 9.48 Å². The molecule has 0 aliphatic carbocycles. The van der Waals surface area contributed by atoms with Gasteiger partial charge in [0.1, 0.15) is 6.61 Å². The molecule has 0 aliphatic rings. The van der Waals surface area contributed by atoms with Gasteiger partial charge in [0.25, 0.3) is 0 Å². The van der Waals surface area contributed by atoms with Crippen LogP contribution in [0.3, 0.4) is 0 Å². The van der Waals surface area contributed by atoms with Gasteiger partial charge in [0.15, 0.2) is 4.67 Å². The number of hydrogen-bond donors (Lipinski definition) is 0. The molecule has 0 fully saturated rings. The Hall–Kier alpha value is -2.34. The van der Waals surface area contributed by atoms with Crippen LogP contribution in [-0.4, -0.2) is 15.7 Å². The number of nitrogens with zero attached hydrogens (tertiary/aromatic N) is 2. The normalized spacial score (nSPS) is 10.7. The van der Waals surface area contributed by atoms with Crippen LogP contribution < -0.4 is 0 Å². The molecule has 0 bridgehead atoms. The Balaban J connectivity index is 1.66. The third-order valence-electron chi connectivity index (χ3n) is 3.33. The van der Waals surface area contributed by atoms with Gasteiger partial charge in [0.05, 0.1) is 11.4 Å². The second-order valence-electron chi connectivity index (χ2n) is 5.19. The van der Waals surface area contributed by atoms with Crippen LogP contribution in [-0.2, 0) is 11.3 Å². The number of aryl methyl sites for hydroxylation is 2. The largest absolute Gasteiger partial charge is 0.455 e. The van der Waals surface area contributed by atoms with E-state index in [9.17, 15) is 4.79 Å². The van der Waals surface area contributed by atoms with Gasteiger partial charge in [-0.15, -0.1) is 0 Å². The molecule has 2 heterocycles. The average Bonchev–Trinajstić information content (AvgIpc) is 3.11. The minimum absolute atomic E-state index is 0.177. The predicted octanol–water partition coefficient (Wildman–Crippen LogP) is 4.20. The van der Waals surface area contributed by atoms with Crippen molar-refractivity contribution in [3.05, 3.63) is 69.8 Å². The molecule has 0 N–H and O–H groups in total. The van der Waals surface area contributed by atoms with Crippen molar-refractivity contribution in [2.24, 2.45) is 0 Å². The molecule has 23 heavy (non-hydrogen) atoms. The number of carbonyl (C=O) groups excluding carboxylic acids is 1. The monoisotopic (exact) mass is 374 g/mol. The lowest BCUT2D eigenvalue weighted by Crippen LogP contribution is -2.04. The van der Waals surface area contributed by atoms with Crippen molar-refractivity contribution in [1.29, 1.82) is 0 Å². The zero-order valence-corrected chi connectivity index (χ0v) is 14.3. The molecular weight excluding hydrogens is 360 g/mol. The fourth-order valence-corrected chi connectivity index (χ4v) is 2.57. The second-order valence-corrected chi connectivity index (χ2v) is 5.97. The molecule has 0 amide bonds. The molecule has 0 aliphatic heterocycles. The minimum Gasteiger partial charge on any atom is -0.455 e. The van der Waals surface area contributed by atoms with Crippen LogP contribution in [0.2, 0.25) is 0 Å². The molecular formula is C17H15BrN2O3. The third-order valence-corrected chi connectivity index (χ3v) is 3.76. The number of carbonyl (C=O) groups is 1. The zero-order chi connectivity index (χ0) is 16.4. The van der Waals surface area contributed by atoms with E-state index >= 15 is 0 Å². The summed E-state index contributed by atoms with van der Waals surface area (Å²) < 4.78 is 12.8. The van der Waals surface area contributed by atoms with Crippen LogP contribution in [0.15, 0.2) is 51.6 Å². The average molecular weight is 375 g/mol. The van der Waals surface area contributed by atoms with Gasteiger partial charge in [-0.3, -0.25) is 0 Å². The van der Waals surface area contributed by atoms with Crippen molar-refractivity contribution in [3.8, 4) is 5.69 Å². The maximum absolute atomic E-state index is 11.8. The number of ether oxygens (including phenoxy) is 1. The fourth-order valence-electron chi connectivity index (χ4n) is 2.27. The molecule has 0 unspecified atom stereocenters. The van der Waals surface area contributed by atoms with Crippen LogP contribution in [0.5, 0.6) is 0 Å². The number of hydrogen-bond acceptors (Lipinski definition) is 4. The summed E-state index contributed by atoms with van der Waals surface area (Å²) in [4.78, 5) is 11.8. The first kappa shape index (κ1) is 15.6. The van der Waals surface area contributed by atoms with Gasteiger partial charge in [-0.2, -0.15) is 5.10 Å². The smallest absolute Gasteiger partial charge is 0.374 e. The molecule has 0 radical (unpaired) electrons. The first-order valence-electron chi connectivity index (χ1n) is 7.08. The number of furan rings is 1. The first-order chi connectivity index (χ1) is 11.0. The van der Waals surface area contributed by atoms with E-state index < -0.39 is 5.97 Å². The standard InChI is InChI=1S/C17H15BrN2O3/c1-11-9-12(2)20(19-11)14-5-3-13(4-6-14)10-22-17(21)15-7-8-16(18)23-15/h3-9H,10H2,1-2H3. The molecule has 3 aromatic rings. The SMILES string of the molecule is Cc1cc(C)n(-c2ccc(COC(=O)c3ccc(Br)o3)cc2)n1. The Morgan fingerprint density at radius 2 is 1.96 bits per heavy atom. The Kier molecular flexibility index (Phi) is 4.34. The van der Waals surface area contributed by atoms with E-state index in [4.69, 9.17) is 9.15 Å². The van der Waals surface area contributed by atoms with Crippen molar-refractivity contribution >= 4 is 21.9 Å². The number of aromatic nitrogens is 2. The molecule has 118 valence electrons. The number of halogens is 1. The maximum Gasteiger partial charge on any atom is 0.374 e. The molecule has 1 aromatic carbocycles. The van der Waals surface area contributed by atoms with Gasteiger partial charge in [-0.05, 0) is 65.7 Å². The van der Waals surface area contributed by atoms with Gasteiger partial charge in [-0.1, -0.05) is 12.1 Å². The third kappa shape index (κ3) is 3.53. The maximum atomic E-state index is 11.8. The number of esters is 1. The Bertz CT molecular complexity index is 834. The van der Waals surface area contributed by atoms with Crippen molar-refractivity contribution < 1.29 is 13.9 Å². The summed E-state index contributed by atoms with van der Waals surface area (Å²) in [6, 6.07) is 13.0. The van der Waals surface area contributed by atoms with Gasteiger partial charge in [0, 0.05) is 5.69 Å². The predicted molar refractivity (Wildman–Crippen MR) is 88.6 cm³/mol. The van der Waals surface area contributed by atoms with Crippen molar-refractivity contribution in [2.45, 2.75) is 20.5 Å². The van der Waals surface area contributed by atoms with Crippen LogP contribution >= 0.6 is 15.9 Å². The van der Waals surface area contributed by atoms with Gasteiger partial charge < -0.3 is 9.15 Å². The Morgan fingerprint density at radius 3 is 2.52 bits per heavy atom. The quantitative estimate of drug-likeness (QED) is 0.642. The van der Waals surface area contributed by atoms with Gasteiger partial charge in [0.2, 0.25) is 5.76 Å². The first-order valence-corrected chi connectivity index (χ1v) is 7.87. The Labute approximate surface area is 142 Å². The molecule has 3 rings (SSSR count). The Morgan fingerprint density at radius 1 is 1.22 bits per heavy atom. The summed E-state index contributed by atoms with van der Waals surface area (Å²) >= 11 is 3.15. The molecule has 0 saturated carbocycles. The highest BCUT2D eigenvalue weighted by molar-refractivity contribution is 9.10. The molecule has 0 saturated heterocycles. The molecule has 5 nitrogen and oxygen atoms in total. The molecule has 6 heteroatoms. The second kappa shape index (κ2) is 6.42. The fraction of sp³-hybridized carbons (Fsp3) is 0.176. The van der Waals surface area contributed by atoms with E-state index in [1.807, 2.05) is 48.9 Å². The zero-order valence-electron chi connectivity index (χ0n) is 12.7. The number of benzene rings is 1. The lowest BCUT2D eigenvalue weighted by molar-refractivity contribution is 0.0434.